The zero-order valence-corrected chi connectivity index (χ0v) is 7.86. The van der Waals surface area contributed by atoms with E-state index in [2.05, 4.69) is 0 Å². The minimum atomic E-state index is -2.97. The van der Waals surface area contributed by atoms with Gasteiger partial charge in [0, 0.05) is 12.0 Å². The van der Waals surface area contributed by atoms with Crippen molar-refractivity contribution in [1.29, 1.82) is 0 Å². The minimum absolute atomic E-state index is 0.0938. The summed E-state index contributed by atoms with van der Waals surface area (Å²) in [6.45, 7) is 1.36. The first-order valence-electron chi connectivity index (χ1n) is 4.32. The molecule has 0 saturated heterocycles. The third-order valence-electron chi connectivity index (χ3n) is 2.04. The molecule has 1 rings (SSSR count). The molecule has 78 valence electrons. The predicted molar refractivity (Wildman–Crippen MR) is 48.7 cm³/mol. The normalized spacial score (nSPS) is 11.8. The quantitative estimate of drug-likeness (QED) is 0.802. The van der Waals surface area contributed by atoms with Crippen LogP contribution in [0.25, 0.3) is 0 Å². The number of aryl methyl sites for hydroxylation is 1. The van der Waals surface area contributed by atoms with E-state index < -0.39 is 18.2 Å². The van der Waals surface area contributed by atoms with Crippen molar-refractivity contribution < 1.29 is 13.2 Å². The molecule has 0 aromatic heterocycles. The molecule has 0 amide bonds. The third-order valence-corrected chi connectivity index (χ3v) is 2.04. The van der Waals surface area contributed by atoms with Gasteiger partial charge in [-0.05, 0) is 31.2 Å². The first-order valence-corrected chi connectivity index (χ1v) is 4.32. The van der Waals surface area contributed by atoms with Crippen molar-refractivity contribution in [2.45, 2.75) is 19.3 Å². The lowest BCUT2D eigenvalue weighted by Crippen LogP contribution is -2.18. The Morgan fingerprint density at radius 1 is 1.36 bits per heavy atom. The van der Waals surface area contributed by atoms with Crippen LogP contribution in [0.3, 0.4) is 0 Å². The van der Waals surface area contributed by atoms with Crippen LogP contribution >= 0.6 is 0 Å². The molecule has 2 N–H and O–H groups in total. The van der Waals surface area contributed by atoms with Crippen molar-refractivity contribution >= 4 is 0 Å². The van der Waals surface area contributed by atoms with Crippen LogP contribution in [0.15, 0.2) is 18.2 Å². The van der Waals surface area contributed by atoms with Gasteiger partial charge in [0.15, 0.2) is 0 Å². The van der Waals surface area contributed by atoms with Crippen molar-refractivity contribution in [3.63, 3.8) is 0 Å². The van der Waals surface area contributed by atoms with Gasteiger partial charge in [0.05, 0.1) is 0 Å². The van der Waals surface area contributed by atoms with Crippen LogP contribution in [0.2, 0.25) is 0 Å². The van der Waals surface area contributed by atoms with Gasteiger partial charge < -0.3 is 5.73 Å². The molecule has 1 nitrogen and oxygen atoms in total. The van der Waals surface area contributed by atoms with Gasteiger partial charge in [-0.25, -0.2) is 13.2 Å². The van der Waals surface area contributed by atoms with E-state index in [0.29, 0.717) is 0 Å². The Kier molecular flexibility index (Phi) is 3.16. The highest BCUT2D eigenvalue weighted by atomic mass is 19.3. The molecule has 1 aromatic carbocycles. The third kappa shape index (κ3) is 2.26. The summed E-state index contributed by atoms with van der Waals surface area (Å²) in [4.78, 5) is 0. The Hall–Kier alpha value is -1.03. The highest BCUT2D eigenvalue weighted by Crippen LogP contribution is 2.31. The van der Waals surface area contributed by atoms with Crippen molar-refractivity contribution in [2.75, 3.05) is 6.54 Å². The summed E-state index contributed by atoms with van der Waals surface area (Å²) in [6, 6.07) is 3.30. The molecule has 0 heterocycles. The molecule has 0 aliphatic rings. The molecule has 0 atom stereocenters. The van der Waals surface area contributed by atoms with Gasteiger partial charge >= 0.3 is 0 Å². The lowest BCUT2D eigenvalue weighted by molar-refractivity contribution is -0.0108. The molecule has 1 aromatic rings. The van der Waals surface area contributed by atoms with E-state index in [1.54, 1.807) is 0 Å². The lowest BCUT2D eigenvalue weighted by atomic mass is 10.0. The average Bonchev–Trinajstić information content (AvgIpc) is 2.09. The van der Waals surface area contributed by atoms with Crippen LogP contribution in [-0.4, -0.2) is 6.54 Å². The summed E-state index contributed by atoms with van der Waals surface area (Å²) in [5.74, 6) is -3.44. The van der Waals surface area contributed by atoms with Crippen LogP contribution in [0.1, 0.15) is 17.5 Å². The van der Waals surface area contributed by atoms with Gasteiger partial charge in [0.1, 0.15) is 5.82 Å². The van der Waals surface area contributed by atoms with Crippen LogP contribution in [0.4, 0.5) is 13.2 Å². The number of benzene rings is 1. The van der Waals surface area contributed by atoms with E-state index in [4.69, 9.17) is 5.73 Å². The van der Waals surface area contributed by atoms with E-state index in [9.17, 15) is 13.2 Å². The summed E-state index contributed by atoms with van der Waals surface area (Å²) >= 11 is 0. The first-order chi connectivity index (χ1) is 6.47. The Balaban J connectivity index is 3.01. The number of hydrogen-bond acceptors (Lipinski definition) is 1. The van der Waals surface area contributed by atoms with Crippen molar-refractivity contribution in [1.82, 2.24) is 0 Å². The number of halogens is 3. The molecular formula is C10H12F3N. The van der Waals surface area contributed by atoms with E-state index in [-0.39, 0.29) is 17.7 Å². The highest BCUT2D eigenvalue weighted by molar-refractivity contribution is 5.27. The standard InChI is InChI=1S/C10H12F3N/c1-7-6-8(2-3-9(7)11)10(12,13)4-5-14/h2-3,6H,4-5,14H2,1H3. The minimum Gasteiger partial charge on any atom is -0.330 e. The second kappa shape index (κ2) is 4.00. The zero-order chi connectivity index (χ0) is 10.8. The Morgan fingerprint density at radius 2 is 2.00 bits per heavy atom. The molecule has 0 saturated carbocycles. The van der Waals surface area contributed by atoms with Crippen LogP contribution in [0.5, 0.6) is 0 Å². The van der Waals surface area contributed by atoms with Gasteiger partial charge in [-0.1, -0.05) is 6.07 Å². The molecule has 0 unspecified atom stereocenters. The molecule has 4 heteroatoms. The van der Waals surface area contributed by atoms with Gasteiger partial charge in [-0.2, -0.15) is 0 Å². The zero-order valence-electron chi connectivity index (χ0n) is 7.86. The SMILES string of the molecule is Cc1cc(C(F)(F)CCN)ccc1F. The highest BCUT2D eigenvalue weighted by Gasteiger charge is 2.30. The number of hydrogen-bond donors (Lipinski definition) is 1. The van der Waals surface area contributed by atoms with Crippen molar-refractivity contribution in [3.05, 3.63) is 35.1 Å². The molecule has 0 bridgehead atoms. The maximum atomic E-state index is 13.3. The summed E-state index contributed by atoms with van der Waals surface area (Å²) in [5, 5.41) is 0. The Labute approximate surface area is 80.7 Å². The van der Waals surface area contributed by atoms with Gasteiger partial charge in [-0.15, -0.1) is 0 Å². The van der Waals surface area contributed by atoms with Crippen LogP contribution in [-0.2, 0) is 5.92 Å². The van der Waals surface area contributed by atoms with E-state index in [0.717, 1.165) is 18.2 Å². The molecule has 0 fully saturated rings. The smallest absolute Gasteiger partial charge is 0.274 e. The molecule has 0 radical (unpaired) electrons. The molecule has 0 spiro atoms. The lowest BCUT2D eigenvalue weighted by Gasteiger charge is -2.16. The Morgan fingerprint density at radius 3 is 2.50 bits per heavy atom. The maximum absolute atomic E-state index is 13.3. The first kappa shape index (κ1) is 11.0. The summed E-state index contributed by atoms with van der Waals surface area (Å²) in [7, 11) is 0. The summed E-state index contributed by atoms with van der Waals surface area (Å²) < 4.78 is 39.3. The second-order valence-electron chi connectivity index (χ2n) is 3.21. The fourth-order valence-electron chi connectivity index (χ4n) is 1.20. The molecule has 14 heavy (non-hydrogen) atoms. The average molecular weight is 203 g/mol. The van der Waals surface area contributed by atoms with E-state index in [1.165, 1.54) is 6.92 Å². The topological polar surface area (TPSA) is 26.0 Å². The molecular weight excluding hydrogens is 191 g/mol. The summed E-state index contributed by atoms with van der Waals surface area (Å²) in [5.41, 5.74) is 5.11. The molecule has 0 aliphatic heterocycles. The fourth-order valence-corrected chi connectivity index (χ4v) is 1.20. The monoisotopic (exact) mass is 203 g/mol. The maximum Gasteiger partial charge on any atom is 0.274 e. The van der Waals surface area contributed by atoms with Gasteiger partial charge in [0.25, 0.3) is 5.92 Å². The second-order valence-corrected chi connectivity index (χ2v) is 3.21. The summed E-state index contributed by atoms with van der Waals surface area (Å²) in [6.07, 6.45) is -0.419. The number of nitrogens with two attached hydrogens (primary N) is 1. The van der Waals surface area contributed by atoms with Crippen molar-refractivity contribution in [2.24, 2.45) is 5.73 Å². The van der Waals surface area contributed by atoms with Crippen molar-refractivity contribution in [3.8, 4) is 0 Å². The Bertz CT molecular complexity index is 323. The van der Waals surface area contributed by atoms with E-state index >= 15 is 0 Å². The largest absolute Gasteiger partial charge is 0.330 e. The molecule has 0 aliphatic carbocycles. The van der Waals surface area contributed by atoms with Gasteiger partial charge in [-0.3, -0.25) is 0 Å². The van der Waals surface area contributed by atoms with E-state index in [1.807, 2.05) is 0 Å². The van der Waals surface area contributed by atoms with Crippen LogP contribution in [0, 0.1) is 12.7 Å². The van der Waals surface area contributed by atoms with Crippen LogP contribution < -0.4 is 5.73 Å². The fraction of sp³-hybridized carbons (Fsp3) is 0.400. The number of alkyl halides is 2. The van der Waals surface area contributed by atoms with Gasteiger partial charge in [0.2, 0.25) is 0 Å². The number of rotatable bonds is 3. The predicted octanol–water partition coefficient (Wildman–Crippen LogP) is 2.57.